The summed E-state index contributed by atoms with van der Waals surface area (Å²) < 4.78 is 2.43. The van der Waals surface area contributed by atoms with E-state index in [1.165, 1.54) is 94.3 Å². The molecule has 0 aliphatic heterocycles. The van der Waals surface area contributed by atoms with Gasteiger partial charge in [0.25, 0.3) is 0 Å². The van der Waals surface area contributed by atoms with Crippen LogP contribution in [0.4, 0.5) is 17.1 Å². The summed E-state index contributed by atoms with van der Waals surface area (Å²) in [6.45, 7) is 4.77. The molecule has 1 aliphatic rings. The third-order valence-corrected chi connectivity index (χ3v) is 13.6. The fraction of sp³-hybridized carbons (Fsp3) is 0.0476. The SMILES string of the molecule is CC1(C)c2cc(N(c3ccc(-c4ccc(-c5ccccc5)cc4)cc3)c3ccc(-c4ccc(-c5ccccc5)cc4)cc3)ccc2-c2ccc(-n3c4ccccc4c4ccccc43)cc21. The lowest BCUT2D eigenvalue weighted by molar-refractivity contribution is 0.660. The van der Waals surface area contributed by atoms with Gasteiger partial charge in [-0.25, -0.2) is 0 Å². The van der Waals surface area contributed by atoms with Gasteiger partial charge in [0.05, 0.1) is 11.0 Å². The monoisotopic (exact) mass is 830 g/mol. The molecular weight excluding hydrogens is 785 g/mol. The van der Waals surface area contributed by atoms with Crippen molar-refractivity contribution in [3.63, 3.8) is 0 Å². The number of aromatic nitrogens is 1. The van der Waals surface area contributed by atoms with Crippen LogP contribution in [0, 0.1) is 0 Å². The number of anilines is 3. The Bertz CT molecular complexity index is 3330. The number of benzene rings is 10. The van der Waals surface area contributed by atoms with Gasteiger partial charge < -0.3 is 9.47 Å². The Balaban J connectivity index is 0.918. The van der Waals surface area contributed by atoms with Crippen LogP contribution in [0.3, 0.4) is 0 Å². The molecule has 0 N–H and O–H groups in total. The molecule has 11 aromatic rings. The predicted octanol–water partition coefficient (Wildman–Crippen LogP) is 17.2. The molecule has 0 radical (unpaired) electrons. The van der Waals surface area contributed by atoms with Crippen molar-refractivity contribution >= 4 is 38.9 Å². The first-order chi connectivity index (χ1) is 32.0. The molecular formula is C63H46N2. The third-order valence-electron chi connectivity index (χ3n) is 13.6. The summed E-state index contributed by atoms with van der Waals surface area (Å²) in [5, 5.41) is 2.55. The van der Waals surface area contributed by atoms with Gasteiger partial charge in [0.1, 0.15) is 0 Å². The lowest BCUT2D eigenvalue weighted by Crippen LogP contribution is -2.17. The number of fused-ring (bicyclic) bond motifs is 6. The maximum Gasteiger partial charge on any atom is 0.0541 e. The molecule has 0 atom stereocenters. The van der Waals surface area contributed by atoms with Crippen LogP contribution in [0.5, 0.6) is 0 Å². The van der Waals surface area contributed by atoms with Gasteiger partial charge in [-0.3, -0.25) is 0 Å². The fourth-order valence-corrected chi connectivity index (χ4v) is 10.2. The van der Waals surface area contributed by atoms with Crippen molar-refractivity contribution in [2.24, 2.45) is 0 Å². The van der Waals surface area contributed by atoms with E-state index in [1.807, 2.05) is 0 Å². The molecule has 0 fully saturated rings. The zero-order valence-electron chi connectivity index (χ0n) is 36.5. The van der Waals surface area contributed by atoms with Crippen molar-refractivity contribution in [2.45, 2.75) is 19.3 Å². The van der Waals surface area contributed by atoms with Crippen molar-refractivity contribution in [1.82, 2.24) is 4.57 Å². The molecule has 0 saturated heterocycles. The second kappa shape index (κ2) is 15.6. The minimum atomic E-state index is -0.230. The van der Waals surface area contributed by atoms with E-state index in [4.69, 9.17) is 0 Å². The van der Waals surface area contributed by atoms with Crippen molar-refractivity contribution in [3.8, 4) is 61.3 Å². The summed E-state index contributed by atoms with van der Waals surface area (Å²) >= 11 is 0. The summed E-state index contributed by atoms with van der Waals surface area (Å²) in [5.74, 6) is 0. The van der Waals surface area contributed by atoms with Gasteiger partial charge in [0.2, 0.25) is 0 Å². The van der Waals surface area contributed by atoms with E-state index < -0.39 is 0 Å². The van der Waals surface area contributed by atoms with Gasteiger partial charge in [-0.15, -0.1) is 0 Å². The highest BCUT2D eigenvalue weighted by atomic mass is 15.1. The van der Waals surface area contributed by atoms with Crippen LogP contribution in [0.15, 0.2) is 243 Å². The molecule has 65 heavy (non-hydrogen) atoms. The first-order valence-electron chi connectivity index (χ1n) is 22.6. The lowest BCUT2D eigenvalue weighted by atomic mass is 9.82. The highest BCUT2D eigenvalue weighted by molar-refractivity contribution is 6.09. The maximum atomic E-state index is 2.43. The number of rotatable bonds is 8. The number of para-hydroxylation sites is 2. The second-order valence-electron chi connectivity index (χ2n) is 17.8. The van der Waals surface area contributed by atoms with E-state index in [2.05, 4.69) is 266 Å². The van der Waals surface area contributed by atoms with Crippen molar-refractivity contribution < 1.29 is 0 Å². The molecule has 0 amide bonds. The van der Waals surface area contributed by atoms with Gasteiger partial charge in [-0.1, -0.05) is 196 Å². The van der Waals surface area contributed by atoms with Crippen LogP contribution in [0.25, 0.3) is 83.1 Å². The highest BCUT2D eigenvalue weighted by Crippen LogP contribution is 2.52. The van der Waals surface area contributed by atoms with Crippen molar-refractivity contribution in [3.05, 3.63) is 254 Å². The fourth-order valence-electron chi connectivity index (χ4n) is 10.2. The highest BCUT2D eigenvalue weighted by Gasteiger charge is 2.36. The quantitative estimate of drug-likeness (QED) is 0.148. The van der Waals surface area contributed by atoms with Gasteiger partial charge in [0, 0.05) is 38.9 Å². The number of nitrogens with zero attached hydrogens (tertiary/aromatic N) is 2. The molecule has 10 aromatic carbocycles. The lowest BCUT2D eigenvalue weighted by Gasteiger charge is -2.28. The molecule has 0 unspecified atom stereocenters. The number of hydrogen-bond acceptors (Lipinski definition) is 1. The Kier molecular flexibility index (Phi) is 9.21. The van der Waals surface area contributed by atoms with E-state index >= 15 is 0 Å². The van der Waals surface area contributed by atoms with Crippen LogP contribution >= 0.6 is 0 Å². The molecule has 12 rings (SSSR count). The van der Waals surface area contributed by atoms with Crippen molar-refractivity contribution in [1.29, 1.82) is 0 Å². The van der Waals surface area contributed by atoms with Crippen LogP contribution in [-0.2, 0) is 5.41 Å². The second-order valence-corrected chi connectivity index (χ2v) is 17.8. The van der Waals surface area contributed by atoms with Gasteiger partial charge in [-0.2, -0.15) is 0 Å². The van der Waals surface area contributed by atoms with Crippen molar-refractivity contribution in [2.75, 3.05) is 4.90 Å². The van der Waals surface area contributed by atoms with Crippen LogP contribution < -0.4 is 4.90 Å². The van der Waals surface area contributed by atoms with E-state index in [9.17, 15) is 0 Å². The molecule has 0 saturated carbocycles. The molecule has 0 spiro atoms. The number of hydrogen-bond donors (Lipinski definition) is 0. The molecule has 308 valence electrons. The van der Waals surface area contributed by atoms with E-state index in [0.717, 1.165) is 17.1 Å². The van der Waals surface area contributed by atoms with Gasteiger partial charge >= 0.3 is 0 Å². The molecule has 2 nitrogen and oxygen atoms in total. The largest absolute Gasteiger partial charge is 0.310 e. The van der Waals surface area contributed by atoms with Gasteiger partial charge in [-0.05, 0) is 127 Å². The zero-order valence-corrected chi connectivity index (χ0v) is 36.5. The topological polar surface area (TPSA) is 8.17 Å². The van der Waals surface area contributed by atoms with E-state index in [1.54, 1.807) is 0 Å². The van der Waals surface area contributed by atoms with E-state index in [0.29, 0.717) is 0 Å². The van der Waals surface area contributed by atoms with E-state index in [-0.39, 0.29) is 5.41 Å². The summed E-state index contributed by atoms with van der Waals surface area (Å²) in [6, 6.07) is 88.7. The Morgan fingerprint density at radius 2 is 0.646 bits per heavy atom. The average molecular weight is 831 g/mol. The van der Waals surface area contributed by atoms with Crippen LogP contribution in [0.2, 0.25) is 0 Å². The van der Waals surface area contributed by atoms with Crippen LogP contribution in [0.1, 0.15) is 25.0 Å². The Labute approximate surface area is 381 Å². The smallest absolute Gasteiger partial charge is 0.0541 e. The molecule has 1 aromatic heterocycles. The van der Waals surface area contributed by atoms with Gasteiger partial charge in [0.15, 0.2) is 0 Å². The standard InChI is InChI=1S/C63H46N2/c1-63(2)59-41-53(37-39-55(59)56-40-38-54(42-60(56)63)65-61-19-11-9-17-57(61)58-18-10-12-20-62(58)65)64(51-33-29-49(30-34-51)47-25-21-45(22-26-47)43-13-5-3-6-14-43)52-35-31-50(32-36-52)48-27-23-46(24-28-48)44-15-7-4-8-16-44/h3-42H,1-2H3. The summed E-state index contributed by atoms with van der Waals surface area (Å²) in [4.78, 5) is 2.41. The average Bonchev–Trinajstić information content (AvgIpc) is 3.83. The zero-order chi connectivity index (χ0) is 43.5. The maximum absolute atomic E-state index is 2.43. The normalized spacial score (nSPS) is 12.6. The van der Waals surface area contributed by atoms with Crippen LogP contribution in [-0.4, -0.2) is 4.57 Å². The molecule has 2 heteroatoms. The minimum Gasteiger partial charge on any atom is -0.310 e. The third kappa shape index (κ3) is 6.65. The first-order valence-corrected chi connectivity index (χ1v) is 22.6. The Morgan fingerprint density at radius 1 is 0.308 bits per heavy atom. The summed E-state index contributed by atoms with van der Waals surface area (Å²) in [7, 11) is 0. The summed E-state index contributed by atoms with van der Waals surface area (Å²) in [5.41, 5.74) is 21.7. The minimum absolute atomic E-state index is 0.230. The Morgan fingerprint density at radius 3 is 1.09 bits per heavy atom. The first kappa shape index (κ1) is 38.5. The Hall–Kier alpha value is -8.20. The summed E-state index contributed by atoms with van der Waals surface area (Å²) in [6.07, 6.45) is 0. The predicted molar refractivity (Wildman–Crippen MR) is 275 cm³/mol. The molecule has 0 bridgehead atoms. The molecule has 1 aliphatic carbocycles. The molecule has 1 heterocycles.